The summed E-state index contributed by atoms with van der Waals surface area (Å²) in [5.41, 5.74) is 7.72. The summed E-state index contributed by atoms with van der Waals surface area (Å²) < 4.78 is 0. The van der Waals surface area contributed by atoms with Crippen LogP contribution in [0.3, 0.4) is 0 Å². The molecule has 1 aromatic carbocycles. The van der Waals surface area contributed by atoms with Crippen molar-refractivity contribution in [1.29, 1.82) is 0 Å². The molecule has 3 nitrogen and oxygen atoms in total. The molecule has 1 aromatic heterocycles. The fraction of sp³-hybridized carbons (Fsp3) is 0.250. The molecular weight excluding hydrogens is 224 g/mol. The zero-order valence-electron chi connectivity index (χ0n) is 8.73. The average Bonchev–Trinajstić information content (AvgIpc) is 2.30. The van der Waals surface area contributed by atoms with Crippen molar-refractivity contribution in [2.24, 2.45) is 5.73 Å². The van der Waals surface area contributed by atoms with Gasteiger partial charge in [-0.1, -0.05) is 17.7 Å². The fourth-order valence-corrected chi connectivity index (χ4v) is 1.97. The molecule has 0 aliphatic heterocycles. The molecule has 1 heterocycles. The topological polar surface area (TPSA) is 59.1 Å². The maximum absolute atomic E-state index is 8.90. The number of benzene rings is 1. The number of hydrogen-bond acceptors (Lipinski definition) is 3. The lowest BCUT2D eigenvalue weighted by molar-refractivity contribution is 0.277. The van der Waals surface area contributed by atoms with E-state index in [9.17, 15) is 0 Å². The molecule has 4 heteroatoms. The van der Waals surface area contributed by atoms with Crippen LogP contribution in [0.2, 0.25) is 5.02 Å². The van der Waals surface area contributed by atoms with Crippen molar-refractivity contribution in [3.63, 3.8) is 0 Å². The Morgan fingerprint density at radius 3 is 2.94 bits per heavy atom. The summed E-state index contributed by atoms with van der Waals surface area (Å²) in [6.45, 7) is 0.0676. The second-order valence-corrected chi connectivity index (χ2v) is 4.06. The molecule has 1 atom stereocenters. The predicted octanol–water partition coefficient (Wildman–Crippen LogP) is 2.27. The Morgan fingerprint density at radius 2 is 2.19 bits per heavy atom. The molecule has 0 saturated carbocycles. The van der Waals surface area contributed by atoms with E-state index in [1.807, 2.05) is 24.3 Å². The molecule has 0 aliphatic carbocycles. The van der Waals surface area contributed by atoms with E-state index in [1.54, 1.807) is 6.20 Å². The monoisotopic (exact) mass is 236 g/mol. The molecule has 0 saturated heterocycles. The number of aliphatic hydroxyl groups excluding tert-OH is 1. The van der Waals surface area contributed by atoms with Gasteiger partial charge in [0.25, 0.3) is 0 Å². The Bertz CT molecular complexity index is 501. The van der Waals surface area contributed by atoms with Crippen LogP contribution in [-0.2, 0) is 0 Å². The van der Waals surface area contributed by atoms with E-state index in [-0.39, 0.29) is 12.6 Å². The minimum Gasteiger partial charge on any atom is -0.396 e. The van der Waals surface area contributed by atoms with Crippen LogP contribution in [0.15, 0.2) is 30.5 Å². The Labute approximate surface area is 98.9 Å². The van der Waals surface area contributed by atoms with Crippen LogP contribution in [0.4, 0.5) is 0 Å². The van der Waals surface area contributed by atoms with Crippen LogP contribution >= 0.6 is 11.6 Å². The molecule has 0 aliphatic rings. The first kappa shape index (κ1) is 11.3. The zero-order chi connectivity index (χ0) is 11.5. The lowest BCUT2D eigenvalue weighted by Crippen LogP contribution is -2.12. The van der Waals surface area contributed by atoms with Gasteiger partial charge in [-0.2, -0.15) is 0 Å². The van der Waals surface area contributed by atoms with E-state index in [0.717, 1.165) is 16.5 Å². The summed E-state index contributed by atoms with van der Waals surface area (Å²) in [4.78, 5) is 4.30. The summed E-state index contributed by atoms with van der Waals surface area (Å²) in [6.07, 6.45) is 2.24. The van der Waals surface area contributed by atoms with Crippen molar-refractivity contribution < 1.29 is 5.11 Å². The Kier molecular flexibility index (Phi) is 3.39. The molecule has 16 heavy (non-hydrogen) atoms. The minimum absolute atomic E-state index is 0.0676. The lowest BCUT2D eigenvalue weighted by atomic mass is 10.0. The van der Waals surface area contributed by atoms with Crippen LogP contribution in [0.5, 0.6) is 0 Å². The molecule has 0 radical (unpaired) electrons. The third kappa shape index (κ3) is 2.02. The molecule has 2 rings (SSSR count). The van der Waals surface area contributed by atoms with Crippen molar-refractivity contribution in [3.05, 3.63) is 41.0 Å². The SMILES string of the molecule is NC(CCO)c1ccc(Cl)c2cccnc12. The van der Waals surface area contributed by atoms with E-state index in [2.05, 4.69) is 4.98 Å². The van der Waals surface area contributed by atoms with Gasteiger partial charge in [0.1, 0.15) is 0 Å². The van der Waals surface area contributed by atoms with E-state index < -0.39 is 0 Å². The van der Waals surface area contributed by atoms with Crippen LogP contribution < -0.4 is 5.73 Å². The zero-order valence-corrected chi connectivity index (χ0v) is 9.48. The quantitative estimate of drug-likeness (QED) is 0.860. The first-order chi connectivity index (χ1) is 7.74. The highest BCUT2D eigenvalue weighted by molar-refractivity contribution is 6.35. The third-order valence-electron chi connectivity index (χ3n) is 2.59. The van der Waals surface area contributed by atoms with E-state index in [0.29, 0.717) is 11.4 Å². The Morgan fingerprint density at radius 1 is 1.38 bits per heavy atom. The summed E-state index contributed by atoms with van der Waals surface area (Å²) >= 11 is 6.08. The molecule has 84 valence electrons. The third-order valence-corrected chi connectivity index (χ3v) is 2.92. The van der Waals surface area contributed by atoms with Crippen molar-refractivity contribution in [3.8, 4) is 0 Å². The number of hydrogen-bond donors (Lipinski definition) is 2. The average molecular weight is 237 g/mol. The number of aromatic nitrogens is 1. The van der Waals surface area contributed by atoms with Gasteiger partial charge in [0.05, 0.1) is 5.52 Å². The predicted molar refractivity (Wildman–Crippen MR) is 65.4 cm³/mol. The maximum atomic E-state index is 8.90. The van der Waals surface area contributed by atoms with Crippen molar-refractivity contribution >= 4 is 22.5 Å². The van der Waals surface area contributed by atoms with Gasteiger partial charge in [0, 0.05) is 29.3 Å². The molecule has 0 amide bonds. The normalized spacial score (nSPS) is 12.9. The van der Waals surface area contributed by atoms with Crippen LogP contribution in [0.25, 0.3) is 10.9 Å². The first-order valence-corrected chi connectivity index (χ1v) is 5.51. The highest BCUT2D eigenvalue weighted by atomic mass is 35.5. The number of aliphatic hydroxyl groups is 1. The minimum atomic E-state index is -0.209. The molecule has 2 aromatic rings. The Balaban J connectivity index is 2.58. The smallest absolute Gasteiger partial charge is 0.0764 e. The highest BCUT2D eigenvalue weighted by Crippen LogP contribution is 2.28. The number of rotatable bonds is 3. The molecule has 3 N–H and O–H groups in total. The lowest BCUT2D eigenvalue weighted by Gasteiger charge is -2.13. The van der Waals surface area contributed by atoms with Gasteiger partial charge in [0.15, 0.2) is 0 Å². The van der Waals surface area contributed by atoms with Crippen molar-refractivity contribution in [2.45, 2.75) is 12.5 Å². The number of pyridine rings is 1. The molecular formula is C12H13ClN2O. The number of fused-ring (bicyclic) bond motifs is 1. The van der Waals surface area contributed by atoms with E-state index in [4.69, 9.17) is 22.4 Å². The fourth-order valence-electron chi connectivity index (χ4n) is 1.75. The summed E-state index contributed by atoms with van der Waals surface area (Å²) in [6, 6.07) is 7.24. The standard InChI is InChI=1S/C12H13ClN2O/c13-10-4-3-9(11(14)5-7-16)12-8(10)2-1-6-15-12/h1-4,6,11,16H,5,7,14H2. The number of nitrogens with zero attached hydrogens (tertiary/aromatic N) is 1. The number of nitrogens with two attached hydrogens (primary N) is 1. The van der Waals surface area contributed by atoms with Gasteiger partial charge in [-0.05, 0) is 30.2 Å². The van der Waals surface area contributed by atoms with Crippen molar-refractivity contribution in [1.82, 2.24) is 4.98 Å². The van der Waals surface area contributed by atoms with E-state index in [1.165, 1.54) is 0 Å². The molecule has 0 fully saturated rings. The second kappa shape index (κ2) is 4.78. The summed E-state index contributed by atoms with van der Waals surface area (Å²) in [5.74, 6) is 0. The molecule has 0 spiro atoms. The summed E-state index contributed by atoms with van der Waals surface area (Å²) in [5, 5.41) is 10.5. The van der Waals surface area contributed by atoms with E-state index >= 15 is 0 Å². The van der Waals surface area contributed by atoms with Crippen LogP contribution in [0, 0.1) is 0 Å². The van der Waals surface area contributed by atoms with Gasteiger partial charge < -0.3 is 10.8 Å². The van der Waals surface area contributed by atoms with Gasteiger partial charge in [-0.15, -0.1) is 0 Å². The van der Waals surface area contributed by atoms with Crippen LogP contribution in [-0.4, -0.2) is 16.7 Å². The summed E-state index contributed by atoms with van der Waals surface area (Å²) in [7, 11) is 0. The van der Waals surface area contributed by atoms with Crippen LogP contribution in [0.1, 0.15) is 18.0 Å². The Hall–Kier alpha value is -1.16. The molecule has 0 bridgehead atoms. The second-order valence-electron chi connectivity index (χ2n) is 3.65. The largest absolute Gasteiger partial charge is 0.396 e. The van der Waals surface area contributed by atoms with Gasteiger partial charge in [-0.3, -0.25) is 4.98 Å². The van der Waals surface area contributed by atoms with Crippen molar-refractivity contribution in [2.75, 3.05) is 6.61 Å². The van der Waals surface area contributed by atoms with Gasteiger partial charge in [-0.25, -0.2) is 0 Å². The van der Waals surface area contributed by atoms with Gasteiger partial charge >= 0.3 is 0 Å². The first-order valence-electron chi connectivity index (χ1n) is 5.13. The van der Waals surface area contributed by atoms with Gasteiger partial charge in [0.2, 0.25) is 0 Å². The molecule has 1 unspecified atom stereocenters. The maximum Gasteiger partial charge on any atom is 0.0764 e. The highest BCUT2D eigenvalue weighted by Gasteiger charge is 2.11. The number of halogens is 1.